The Labute approximate surface area is 97.4 Å². The molecule has 1 heterocycles. The van der Waals surface area contributed by atoms with Crippen LogP contribution < -0.4 is 5.32 Å². The van der Waals surface area contributed by atoms with E-state index < -0.39 is 12.1 Å². The van der Waals surface area contributed by atoms with Gasteiger partial charge in [0.25, 0.3) is 0 Å². The number of aryl methyl sites for hydroxylation is 1. The molecule has 0 radical (unpaired) electrons. The molecule has 0 aliphatic heterocycles. The fraction of sp³-hybridized carbons (Fsp3) is 0.400. The third-order valence-corrected chi connectivity index (χ3v) is 2.72. The van der Waals surface area contributed by atoms with Crippen molar-refractivity contribution in [1.82, 2.24) is 0 Å². The highest BCUT2D eigenvalue weighted by Crippen LogP contribution is 2.28. The van der Waals surface area contributed by atoms with E-state index in [1.54, 1.807) is 13.0 Å². The number of thiophene rings is 1. The Morgan fingerprint density at radius 1 is 1.50 bits per heavy atom. The van der Waals surface area contributed by atoms with E-state index in [1.807, 2.05) is 6.92 Å². The van der Waals surface area contributed by atoms with Crippen molar-refractivity contribution in [2.24, 2.45) is 0 Å². The van der Waals surface area contributed by atoms with Crippen LogP contribution in [-0.2, 0) is 9.47 Å². The van der Waals surface area contributed by atoms with Gasteiger partial charge in [0, 0.05) is 4.88 Å². The minimum absolute atomic E-state index is 0.297. The summed E-state index contributed by atoms with van der Waals surface area (Å²) in [5, 5.41) is 2.92. The zero-order valence-corrected chi connectivity index (χ0v) is 10.1. The van der Waals surface area contributed by atoms with Crippen molar-refractivity contribution >= 4 is 28.4 Å². The van der Waals surface area contributed by atoms with Crippen LogP contribution >= 0.6 is 11.3 Å². The molecule has 88 valence electrons. The average molecular weight is 243 g/mol. The van der Waals surface area contributed by atoms with E-state index in [4.69, 9.17) is 4.74 Å². The molecule has 0 saturated heterocycles. The van der Waals surface area contributed by atoms with Crippen LogP contribution in [0.4, 0.5) is 9.80 Å². The van der Waals surface area contributed by atoms with Crippen LogP contribution in [0.2, 0.25) is 0 Å². The Kier molecular flexibility index (Phi) is 4.30. The van der Waals surface area contributed by atoms with Gasteiger partial charge in [0.15, 0.2) is 0 Å². The summed E-state index contributed by atoms with van der Waals surface area (Å²) in [5.74, 6) is -0.446. The molecule has 5 nitrogen and oxygen atoms in total. The van der Waals surface area contributed by atoms with Gasteiger partial charge in [-0.1, -0.05) is 0 Å². The van der Waals surface area contributed by atoms with Crippen LogP contribution in [0.15, 0.2) is 6.07 Å². The van der Waals surface area contributed by atoms with Crippen LogP contribution in [-0.4, -0.2) is 25.8 Å². The molecule has 0 aliphatic rings. The van der Waals surface area contributed by atoms with Crippen molar-refractivity contribution in [2.75, 3.05) is 19.0 Å². The van der Waals surface area contributed by atoms with Crippen molar-refractivity contribution in [3.63, 3.8) is 0 Å². The minimum atomic E-state index is -0.604. The maximum Gasteiger partial charge on any atom is 0.411 e. The molecule has 0 spiro atoms. The molecule has 0 aromatic carbocycles. The predicted molar refractivity (Wildman–Crippen MR) is 61.0 cm³/mol. The van der Waals surface area contributed by atoms with Crippen LogP contribution in [0, 0.1) is 6.92 Å². The first-order chi connectivity index (χ1) is 7.58. The molecule has 0 unspecified atom stereocenters. The van der Waals surface area contributed by atoms with Crippen molar-refractivity contribution < 1.29 is 19.1 Å². The highest BCUT2D eigenvalue weighted by atomic mass is 32.1. The summed E-state index contributed by atoms with van der Waals surface area (Å²) in [6.45, 7) is 3.87. The SMILES string of the molecule is CCOC(=O)c1cc(C)sc1NC(=O)OC. The van der Waals surface area contributed by atoms with Crippen molar-refractivity contribution in [1.29, 1.82) is 0 Å². The number of esters is 1. The second-order valence-electron chi connectivity index (χ2n) is 2.94. The van der Waals surface area contributed by atoms with Gasteiger partial charge < -0.3 is 9.47 Å². The van der Waals surface area contributed by atoms with Crippen LogP contribution in [0.1, 0.15) is 22.2 Å². The molecule has 0 atom stereocenters. The standard InChI is InChI=1S/C10H13NO4S/c1-4-15-9(12)7-5-6(2)16-8(7)11-10(13)14-3/h5H,4H2,1-3H3,(H,11,13). The second-order valence-corrected chi connectivity index (χ2v) is 4.19. The molecule has 6 heteroatoms. The van der Waals surface area contributed by atoms with Gasteiger partial charge >= 0.3 is 12.1 Å². The van der Waals surface area contributed by atoms with Gasteiger partial charge in [-0.05, 0) is 19.9 Å². The number of hydrogen-bond acceptors (Lipinski definition) is 5. The lowest BCUT2D eigenvalue weighted by atomic mass is 10.3. The summed E-state index contributed by atoms with van der Waals surface area (Å²) < 4.78 is 9.34. The zero-order chi connectivity index (χ0) is 12.1. The maximum atomic E-state index is 11.5. The molecule has 1 aromatic heterocycles. The Bertz CT molecular complexity index is 400. The number of ether oxygens (including phenoxy) is 2. The molecular formula is C10H13NO4S. The van der Waals surface area contributed by atoms with E-state index in [0.717, 1.165) is 4.88 Å². The summed E-state index contributed by atoms with van der Waals surface area (Å²) in [4.78, 5) is 23.5. The minimum Gasteiger partial charge on any atom is -0.462 e. The molecule has 0 bridgehead atoms. The number of anilines is 1. The van der Waals surface area contributed by atoms with Gasteiger partial charge in [-0.3, -0.25) is 5.32 Å². The third kappa shape index (κ3) is 2.96. The predicted octanol–water partition coefficient (Wildman–Crippen LogP) is 2.41. The van der Waals surface area contributed by atoms with Gasteiger partial charge in [0.2, 0.25) is 0 Å². The van der Waals surface area contributed by atoms with Gasteiger partial charge in [0.1, 0.15) is 5.00 Å². The summed E-state index contributed by atoms with van der Waals surface area (Å²) in [6.07, 6.45) is -0.604. The number of amides is 1. The Morgan fingerprint density at radius 3 is 2.75 bits per heavy atom. The van der Waals surface area contributed by atoms with Gasteiger partial charge in [0.05, 0.1) is 19.3 Å². The summed E-state index contributed by atoms with van der Waals surface area (Å²) >= 11 is 1.30. The van der Waals surface area contributed by atoms with E-state index in [2.05, 4.69) is 10.1 Å². The highest BCUT2D eigenvalue weighted by molar-refractivity contribution is 7.16. The van der Waals surface area contributed by atoms with E-state index in [1.165, 1.54) is 18.4 Å². The van der Waals surface area contributed by atoms with Gasteiger partial charge in [-0.2, -0.15) is 0 Å². The van der Waals surface area contributed by atoms with E-state index in [0.29, 0.717) is 17.2 Å². The second kappa shape index (κ2) is 5.50. The number of carbonyl (C=O) groups excluding carboxylic acids is 2. The first-order valence-electron chi connectivity index (χ1n) is 4.71. The van der Waals surface area contributed by atoms with E-state index >= 15 is 0 Å². The molecule has 1 aromatic rings. The Balaban J connectivity index is 2.91. The summed E-state index contributed by atoms with van der Waals surface area (Å²) in [5.41, 5.74) is 0.356. The number of rotatable bonds is 3. The lowest BCUT2D eigenvalue weighted by molar-refractivity contribution is 0.0528. The summed E-state index contributed by atoms with van der Waals surface area (Å²) in [7, 11) is 1.26. The molecule has 16 heavy (non-hydrogen) atoms. The molecular weight excluding hydrogens is 230 g/mol. The lowest BCUT2D eigenvalue weighted by Crippen LogP contribution is -2.13. The zero-order valence-electron chi connectivity index (χ0n) is 9.33. The normalized spacial score (nSPS) is 9.69. The number of methoxy groups -OCH3 is 1. The number of carbonyl (C=O) groups is 2. The first-order valence-corrected chi connectivity index (χ1v) is 5.52. The van der Waals surface area contributed by atoms with Gasteiger partial charge in [-0.25, -0.2) is 9.59 Å². The van der Waals surface area contributed by atoms with Crippen molar-refractivity contribution in [3.8, 4) is 0 Å². The fourth-order valence-electron chi connectivity index (χ4n) is 1.11. The molecule has 1 N–H and O–H groups in total. The molecule has 1 amide bonds. The topological polar surface area (TPSA) is 64.6 Å². The summed E-state index contributed by atoms with van der Waals surface area (Å²) in [6, 6.07) is 1.67. The molecule has 0 saturated carbocycles. The largest absolute Gasteiger partial charge is 0.462 e. The Morgan fingerprint density at radius 2 is 2.19 bits per heavy atom. The molecule has 0 aliphatic carbocycles. The number of hydrogen-bond donors (Lipinski definition) is 1. The number of nitrogens with one attached hydrogen (secondary N) is 1. The van der Waals surface area contributed by atoms with E-state index in [9.17, 15) is 9.59 Å². The van der Waals surface area contributed by atoms with E-state index in [-0.39, 0.29) is 0 Å². The maximum absolute atomic E-state index is 11.5. The van der Waals surface area contributed by atoms with Crippen LogP contribution in [0.25, 0.3) is 0 Å². The molecule has 1 rings (SSSR count). The van der Waals surface area contributed by atoms with Gasteiger partial charge in [-0.15, -0.1) is 11.3 Å². The quantitative estimate of drug-likeness (QED) is 0.828. The average Bonchev–Trinajstić information content (AvgIpc) is 2.59. The molecule has 0 fully saturated rings. The first kappa shape index (κ1) is 12.5. The lowest BCUT2D eigenvalue weighted by Gasteiger charge is -2.04. The van der Waals surface area contributed by atoms with Crippen molar-refractivity contribution in [2.45, 2.75) is 13.8 Å². The van der Waals surface area contributed by atoms with Crippen LogP contribution in [0.5, 0.6) is 0 Å². The Hall–Kier alpha value is -1.56. The van der Waals surface area contributed by atoms with Crippen molar-refractivity contribution in [3.05, 3.63) is 16.5 Å². The highest BCUT2D eigenvalue weighted by Gasteiger charge is 2.17. The monoisotopic (exact) mass is 243 g/mol. The smallest absolute Gasteiger partial charge is 0.411 e. The van der Waals surface area contributed by atoms with Crippen LogP contribution in [0.3, 0.4) is 0 Å². The third-order valence-electron chi connectivity index (χ3n) is 1.75. The fourth-order valence-corrected chi connectivity index (χ4v) is 2.00.